The van der Waals surface area contributed by atoms with Gasteiger partial charge in [-0.3, -0.25) is 0 Å². The molecule has 0 radical (unpaired) electrons. The van der Waals surface area contributed by atoms with E-state index in [1.54, 1.807) is 0 Å². The third-order valence-corrected chi connectivity index (χ3v) is 6.85. The van der Waals surface area contributed by atoms with Crippen molar-refractivity contribution in [1.29, 1.82) is 0 Å². The fourth-order valence-corrected chi connectivity index (χ4v) is 5.17. The molecule has 2 aromatic rings. The van der Waals surface area contributed by atoms with Crippen molar-refractivity contribution in [3.05, 3.63) is 95.7 Å². The van der Waals surface area contributed by atoms with Crippen molar-refractivity contribution >= 4 is 11.4 Å². The molecule has 2 heteroatoms. The van der Waals surface area contributed by atoms with Crippen molar-refractivity contribution in [3.8, 4) is 0 Å². The summed E-state index contributed by atoms with van der Waals surface area (Å²) in [5, 5.41) is 0. The second-order valence-electron chi connectivity index (χ2n) is 9.32. The van der Waals surface area contributed by atoms with Crippen LogP contribution in [0.1, 0.15) is 38.8 Å². The summed E-state index contributed by atoms with van der Waals surface area (Å²) < 4.78 is 0. The van der Waals surface area contributed by atoms with Crippen LogP contribution in [0, 0.1) is 0 Å². The average Bonchev–Trinajstić information content (AvgIpc) is 3.02. The van der Waals surface area contributed by atoms with Gasteiger partial charge in [0.25, 0.3) is 0 Å². The fraction of sp³-hybridized carbons (Fsp3) is 0.333. The Bertz CT molecular complexity index is 1010. The van der Waals surface area contributed by atoms with Crippen LogP contribution < -0.4 is 9.80 Å². The molecule has 2 heterocycles. The van der Waals surface area contributed by atoms with Crippen molar-refractivity contribution in [1.82, 2.24) is 0 Å². The van der Waals surface area contributed by atoms with Crippen molar-refractivity contribution in [3.63, 3.8) is 0 Å². The Morgan fingerprint density at radius 2 is 1.38 bits per heavy atom. The third-order valence-electron chi connectivity index (χ3n) is 6.85. The predicted octanol–water partition coefficient (Wildman–Crippen LogP) is 6.21. The van der Waals surface area contributed by atoms with Crippen LogP contribution in [0.4, 0.5) is 11.4 Å². The zero-order chi connectivity index (χ0) is 20.8. The van der Waals surface area contributed by atoms with Crippen LogP contribution in [0.5, 0.6) is 0 Å². The highest BCUT2D eigenvalue weighted by Gasteiger charge is 2.41. The van der Waals surface area contributed by atoms with Crippen LogP contribution >= 0.6 is 0 Å². The van der Waals surface area contributed by atoms with E-state index in [2.05, 4.69) is 131 Å². The topological polar surface area (TPSA) is 6.48 Å². The lowest BCUT2D eigenvalue weighted by atomic mass is 9.80. The van der Waals surface area contributed by atoms with Gasteiger partial charge in [0.05, 0.1) is 6.04 Å². The molecule has 0 saturated carbocycles. The van der Waals surface area contributed by atoms with E-state index in [9.17, 15) is 0 Å². The van der Waals surface area contributed by atoms with Gasteiger partial charge < -0.3 is 9.80 Å². The molecule has 4 rings (SSSR count). The van der Waals surface area contributed by atoms with Gasteiger partial charge in [-0.25, -0.2) is 0 Å². The molecule has 0 amide bonds. The van der Waals surface area contributed by atoms with Gasteiger partial charge in [0, 0.05) is 42.0 Å². The molecule has 2 aromatic carbocycles. The normalized spacial score (nSPS) is 23.4. The summed E-state index contributed by atoms with van der Waals surface area (Å²) >= 11 is 0. The first kappa shape index (κ1) is 19.6. The molecule has 1 atom stereocenters. The molecule has 2 nitrogen and oxygen atoms in total. The molecule has 0 N–H and O–H groups in total. The first-order chi connectivity index (χ1) is 13.8. The van der Waals surface area contributed by atoms with Crippen LogP contribution in [0.15, 0.2) is 84.6 Å². The van der Waals surface area contributed by atoms with Gasteiger partial charge in [-0.2, -0.15) is 0 Å². The first-order valence-corrected chi connectivity index (χ1v) is 10.5. The van der Waals surface area contributed by atoms with Gasteiger partial charge in [-0.05, 0) is 29.3 Å². The SMILES string of the molecule is CN1C(=CC=CC=CC2N(C)c3ccccc3C2(C)C)C(C)(C)c2ccccc21. The van der Waals surface area contributed by atoms with E-state index < -0.39 is 0 Å². The van der Waals surface area contributed by atoms with Crippen molar-refractivity contribution in [2.24, 2.45) is 0 Å². The molecule has 2 aliphatic rings. The van der Waals surface area contributed by atoms with Crippen LogP contribution in [0.2, 0.25) is 0 Å². The molecule has 150 valence electrons. The summed E-state index contributed by atoms with van der Waals surface area (Å²) in [6.07, 6.45) is 11.1. The smallest absolute Gasteiger partial charge is 0.0565 e. The second-order valence-corrected chi connectivity index (χ2v) is 9.32. The highest BCUT2D eigenvalue weighted by molar-refractivity contribution is 5.70. The summed E-state index contributed by atoms with van der Waals surface area (Å²) in [6.45, 7) is 9.28. The highest BCUT2D eigenvalue weighted by Crippen LogP contribution is 2.47. The fourth-order valence-electron chi connectivity index (χ4n) is 5.17. The monoisotopic (exact) mass is 384 g/mol. The van der Waals surface area contributed by atoms with Gasteiger partial charge >= 0.3 is 0 Å². The number of para-hydroxylation sites is 2. The van der Waals surface area contributed by atoms with Gasteiger partial charge in [-0.1, -0.05) is 88.4 Å². The molecule has 0 bridgehead atoms. The van der Waals surface area contributed by atoms with E-state index in [1.807, 2.05) is 0 Å². The molecular weight excluding hydrogens is 352 g/mol. The Morgan fingerprint density at radius 3 is 2.03 bits per heavy atom. The Labute approximate surface area is 175 Å². The third kappa shape index (κ3) is 3.02. The summed E-state index contributed by atoms with van der Waals surface area (Å²) in [7, 11) is 4.36. The lowest BCUT2D eigenvalue weighted by Gasteiger charge is -2.29. The average molecular weight is 385 g/mol. The predicted molar refractivity (Wildman–Crippen MR) is 126 cm³/mol. The van der Waals surface area contributed by atoms with E-state index in [1.165, 1.54) is 28.2 Å². The molecule has 29 heavy (non-hydrogen) atoms. The van der Waals surface area contributed by atoms with Crippen molar-refractivity contribution < 1.29 is 0 Å². The van der Waals surface area contributed by atoms with E-state index in [4.69, 9.17) is 0 Å². The number of rotatable bonds is 3. The van der Waals surface area contributed by atoms with Gasteiger partial charge in [-0.15, -0.1) is 0 Å². The molecule has 2 aliphatic heterocycles. The number of benzene rings is 2. The number of allylic oxidation sites excluding steroid dienone is 5. The lowest BCUT2D eigenvalue weighted by molar-refractivity contribution is 0.488. The largest absolute Gasteiger partial charge is 0.367 e. The molecule has 1 unspecified atom stereocenters. The Kier molecular flexibility index (Phi) is 4.69. The minimum absolute atomic E-state index is 0.0225. The summed E-state index contributed by atoms with van der Waals surface area (Å²) in [6, 6.07) is 17.8. The van der Waals surface area contributed by atoms with Crippen molar-refractivity contribution in [2.75, 3.05) is 23.9 Å². The quantitative estimate of drug-likeness (QED) is 0.581. The van der Waals surface area contributed by atoms with Crippen LogP contribution in [0.25, 0.3) is 0 Å². The maximum Gasteiger partial charge on any atom is 0.0565 e. The molecular formula is C27H32N2. The minimum Gasteiger partial charge on any atom is -0.367 e. The van der Waals surface area contributed by atoms with E-state index in [-0.39, 0.29) is 10.8 Å². The molecule has 0 fully saturated rings. The van der Waals surface area contributed by atoms with Crippen molar-refractivity contribution in [2.45, 2.75) is 44.6 Å². The minimum atomic E-state index is 0.0225. The van der Waals surface area contributed by atoms with Crippen LogP contribution in [-0.2, 0) is 10.8 Å². The van der Waals surface area contributed by atoms with Gasteiger partial charge in [0.2, 0.25) is 0 Å². The van der Waals surface area contributed by atoms with E-state index in [0.29, 0.717) is 6.04 Å². The molecule has 0 aromatic heterocycles. The summed E-state index contributed by atoms with van der Waals surface area (Å²) in [4.78, 5) is 4.70. The van der Waals surface area contributed by atoms with Crippen LogP contribution in [0.3, 0.4) is 0 Å². The Balaban J connectivity index is 1.53. The summed E-state index contributed by atoms with van der Waals surface area (Å²) in [5.41, 5.74) is 6.91. The Morgan fingerprint density at radius 1 is 0.759 bits per heavy atom. The van der Waals surface area contributed by atoms with Gasteiger partial charge in [0.1, 0.15) is 0 Å². The Hall–Kier alpha value is -2.74. The second kappa shape index (κ2) is 6.95. The zero-order valence-corrected chi connectivity index (χ0v) is 18.5. The number of likely N-dealkylation sites (N-methyl/N-ethyl adjacent to an activating group) is 2. The highest BCUT2D eigenvalue weighted by atomic mass is 15.2. The standard InChI is InChI=1S/C27H32N2/c1-26(2)20-14-10-12-16-22(20)28(5)24(26)18-8-7-9-19-25-27(3,4)21-15-11-13-17-23(21)29(25)6/h7-19,24H,1-6H3. The number of anilines is 2. The number of nitrogens with zero attached hydrogens (tertiary/aromatic N) is 2. The summed E-state index contributed by atoms with van der Waals surface area (Å²) in [5.74, 6) is 0. The lowest BCUT2D eigenvalue weighted by Crippen LogP contribution is -2.37. The molecule has 0 saturated heterocycles. The van der Waals surface area contributed by atoms with E-state index >= 15 is 0 Å². The maximum atomic E-state index is 2.39. The first-order valence-electron chi connectivity index (χ1n) is 10.5. The zero-order valence-electron chi connectivity index (χ0n) is 18.5. The van der Waals surface area contributed by atoms with Gasteiger partial charge in [0.15, 0.2) is 0 Å². The molecule has 0 aliphatic carbocycles. The number of hydrogen-bond acceptors (Lipinski definition) is 2. The van der Waals surface area contributed by atoms with E-state index in [0.717, 1.165) is 0 Å². The number of fused-ring (bicyclic) bond motifs is 2. The molecule has 0 spiro atoms. The number of hydrogen-bond donors (Lipinski definition) is 0. The van der Waals surface area contributed by atoms with Crippen LogP contribution in [-0.4, -0.2) is 20.1 Å². The maximum absolute atomic E-state index is 2.39.